The van der Waals surface area contributed by atoms with Crippen LogP contribution in [0, 0.1) is 0 Å². The molecular formula is C12H23ClN2O2S. The maximum atomic E-state index is 12.3. The minimum atomic E-state index is -0.495. The maximum Gasteiger partial charge on any atom is 0.242 e. The summed E-state index contributed by atoms with van der Waals surface area (Å²) in [5, 5.41) is 0.635. The molecule has 0 bridgehead atoms. The average molecular weight is 295 g/mol. The molecule has 3 atom stereocenters. The second kappa shape index (κ2) is 7.58. The van der Waals surface area contributed by atoms with Gasteiger partial charge in [-0.2, -0.15) is 11.8 Å². The summed E-state index contributed by atoms with van der Waals surface area (Å²) in [7, 11) is 1.59. The van der Waals surface area contributed by atoms with Gasteiger partial charge in [-0.3, -0.25) is 4.79 Å². The standard InChI is InChI=1S/C12H22N2O2S.ClH/c1-16-8-9(13)12(15)14-6-7-17-11-5-3-2-4-10(11)14;/h9-11H,2-8,13H2,1H3;1H. The van der Waals surface area contributed by atoms with Gasteiger partial charge in [0.1, 0.15) is 6.04 Å². The molecule has 2 fully saturated rings. The van der Waals surface area contributed by atoms with E-state index in [1.165, 1.54) is 19.3 Å². The van der Waals surface area contributed by atoms with E-state index in [0.29, 0.717) is 17.9 Å². The molecule has 4 nitrogen and oxygen atoms in total. The predicted molar refractivity (Wildman–Crippen MR) is 77.3 cm³/mol. The molecule has 2 aliphatic rings. The lowest BCUT2D eigenvalue weighted by Gasteiger charge is -2.44. The molecule has 1 saturated heterocycles. The molecule has 18 heavy (non-hydrogen) atoms. The van der Waals surface area contributed by atoms with E-state index in [2.05, 4.69) is 0 Å². The van der Waals surface area contributed by atoms with Crippen molar-refractivity contribution in [3.8, 4) is 0 Å². The fourth-order valence-electron chi connectivity index (χ4n) is 2.83. The third kappa shape index (κ3) is 3.53. The molecule has 0 aromatic heterocycles. The smallest absolute Gasteiger partial charge is 0.242 e. The number of carbonyl (C=O) groups excluding carboxylic acids is 1. The van der Waals surface area contributed by atoms with Gasteiger partial charge in [0.25, 0.3) is 0 Å². The van der Waals surface area contributed by atoms with Gasteiger partial charge >= 0.3 is 0 Å². The molecule has 0 aromatic carbocycles. The van der Waals surface area contributed by atoms with Crippen molar-refractivity contribution in [3.05, 3.63) is 0 Å². The van der Waals surface area contributed by atoms with Gasteiger partial charge in [-0.1, -0.05) is 12.8 Å². The van der Waals surface area contributed by atoms with E-state index < -0.39 is 6.04 Å². The third-order valence-electron chi connectivity index (χ3n) is 3.68. The SMILES string of the molecule is COCC(N)C(=O)N1CCSC2CCCCC21.Cl. The second-order valence-corrected chi connectivity index (χ2v) is 6.20. The lowest BCUT2D eigenvalue weighted by molar-refractivity contribution is -0.136. The van der Waals surface area contributed by atoms with Gasteiger partial charge in [0, 0.05) is 30.7 Å². The Morgan fingerprint density at radius 3 is 2.94 bits per heavy atom. The topological polar surface area (TPSA) is 55.6 Å². The Balaban J connectivity index is 0.00000162. The molecule has 1 amide bonds. The van der Waals surface area contributed by atoms with Crippen molar-refractivity contribution in [2.45, 2.75) is 43.0 Å². The fourth-order valence-corrected chi connectivity index (χ4v) is 4.28. The molecule has 2 N–H and O–H groups in total. The number of amides is 1. The van der Waals surface area contributed by atoms with Crippen LogP contribution in [0.5, 0.6) is 0 Å². The first-order valence-electron chi connectivity index (χ1n) is 6.40. The summed E-state index contributed by atoms with van der Waals surface area (Å²) >= 11 is 2.03. The quantitative estimate of drug-likeness (QED) is 0.852. The lowest BCUT2D eigenvalue weighted by Crippen LogP contribution is -2.56. The number of nitrogens with two attached hydrogens (primary N) is 1. The Morgan fingerprint density at radius 1 is 1.50 bits per heavy atom. The Morgan fingerprint density at radius 2 is 2.22 bits per heavy atom. The summed E-state index contributed by atoms with van der Waals surface area (Å²) in [5.41, 5.74) is 5.86. The number of ether oxygens (including phenoxy) is 1. The first-order chi connectivity index (χ1) is 8.24. The van der Waals surface area contributed by atoms with Gasteiger partial charge in [0.05, 0.1) is 6.61 Å². The molecule has 0 radical (unpaired) electrons. The van der Waals surface area contributed by atoms with Crippen molar-refractivity contribution in [2.75, 3.05) is 26.0 Å². The average Bonchev–Trinajstić information content (AvgIpc) is 2.37. The first-order valence-corrected chi connectivity index (χ1v) is 7.45. The molecule has 1 heterocycles. The minimum Gasteiger partial charge on any atom is -0.383 e. The van der Waals surface area contributed by atoms with Crippen molar-refractivity contribution < 1.29 is 9.53 Å². The van der Waals surface area contributed by atoms with Gasteiger partial charge in [0.15, 0.2) is 0 Å². The zero-order valence-corrected chi connectivity index (χ0v) is 12.5. The summed E-state index contributed by atoms with van der Waals surface area (Å²) in [4.78, 5) is 14.3. The normalized spacial score (nSPS) is 29.1. The number of rotatable bonds is 3. The highest BCUT2D eigenvalue weighted by molar-refractivity contribution is 8.00. The Hall–Kier alpha value is 0.0300. The molecule has 106 valence electrons. The van der Waals surface area contributed by atoms with E-state index in [9.17, 15) is 4.79 Å². The summed E-state index contributed by atoms with van der Waals surface area (Å²) < 4.78 is 4.97. The highest BCUT2D eigenvalue weighted by atomic mass is 35.5. The van der Waals surface area contributed by atoms with Crippen LogP contribution in [-0.4, -0.2) is 54.2 Å². The second-order valence-electron chi connectivity index (χ2n) is 4.85. The summed E-state index contributed by atoms with van der Waals surface area (Å²) in [6.07, 6.45) is 4.94. The number of halogens is 1. The number of hydrogen-bond donors (Lipinski definition) is 1. The van der Waals surface area contributed by atoms with Gasteiger partial charge in [-0.05, 0) is 12.8 Å². The Labute approximate surface area is 119 Å². The van der Waals surface area contributed by atoms with Crippen LogP contribution < -0.4 is 5.73 Å². The number of carbonyl (C=O) groups is 1. The number of nitrogens with zero attached hydrogens (tertiary/aromatic N) is 1. The molecular weight excluding hydrogens is 272 g/mol. The van der Waals surface area contributed by atoms with Crippen LogP contribution in [0.3, 0.4) is 0 Å². The molecule has 1 aliphatic heterocycles. The molecule has 3 unspecified atom stereocenters. The Bertz CT molecular complexity index is 279. The first kappa shape index (κ1) is 16.1. The van der Waals surface area contributed by atoms with Crippen molar-refractivity contribution in [3.63, 3.8) is 0 Å². The Kier molecular flexibility index (Phi) is 6.77. The van der Waals surface area contributed by atoms with Crippen LogP contribution in [0.15, 0.2) is 0 Å². The number of fused-ring (bicyclic) bond motifs is 1. The monoisotopic (exact) mass is 294 g/mol. The summed E-state index contributed by atoms with van der Waals surface area (Å²) in [6, 6.07) is -0.0800. The minimum absolute atomic E-state index is 0. The molecule has 0 aromatic rings. The van der Waals surface area contributed by atoms with Crippen LogP contribution in [0.4, 0.5) is 0 Å². The highest BCUT2D eigenvalue weighted by Crippen LogP contribution is 2.35. The van der Waals surface area contributed by atoms with Crippen molar-refractivity contribution in [2.24, 2.45) is 5.73 Å². The summed E-state index contributed by atoms with van der Waals surface area (Å²) in [5.74, 6) is 1.12. The maximum absolute atomic E-state index is 12.3. The third-order valence-corrected chi connectivity index (χ3v) is 5.07. The molecule has 1 aliphatic carbocycles. The van der Waals surface area contributed by atoms with Crippen LogP contribution in [0.1, 0.15) is 25.7 Å². The number of methoxy groups -OCH3 is 1. The van der Waals surface area contributed by atoms with Gasteiger partial charge < -0.3 is 15.4 Å². The summed E-state index contributed by atoms with van der Waals surface area (Å²) in [6.45, 7) is 1.17. The van der Waals surface area contributed by atoms with Crippen molar-refractivity contribution in [1.82, 2.24) is 4.90 Å². The van der Waals surface area contributed by atoms with Crippen LogP contribution in [0.25, 0.3) is 0 Å². The largest absolute Gasteiger partial charge is 0.383 e. The van der Waals surface area contributed by atoms with E-state index in [1.54, 1.807) is 7.11 Å². The molecule has 0 spiro atoms. The molecule has 6 heteroatoms. The molecule has 2 rings (SSSR count). The van der Waals surface area contributed by atoms with Crippen molar-refractivity contribution >= 4 is 30.1 Å². The fraction of sp³-hybridized carbons (Fsp3) is 0.917. The number of hydrogen-bond acceptors (Lipinski definition) is 4. The van der Waals surface area contributed by atoms with Crippen LogP contribution in [0.2, 0.25) is 0 Å². The lowest BCUT2D eigenvalue weighted by atomic mass is 9.93. The van der Waals surface area contributed by atoms with E-state index in [-0.39, 0.29) is 18.3 Å². The predicted octanol–water partition coefficient (Wildman–Crippen LogP) is 1.27. The van der Waals surface area contributed by atoms with E-state index in [0.717, 1.165) is 18.7 Å². The van der Waals surface area contributed by atoms with E-state index in [1.807, 2.05) is 16.7 Å². The van der Waals surface area contributed by atoms with E-state index in [4.69, 9.17) is 10.5 Å². The zero-order chi connectivity index (χ0) is 12.3. The van der Waals surface area contributed by atoms with Crippen molar-refractivity contribution in [1.29, 1.82) is 0 Å². The van der Waals surface area contributed by atoms with Gasteiger partial charge in [-0.25, -0.2) is 0 Å². The zero-order valence-electron chi connectivity index (χ0n) is 10.8. The number of thioether (sulfide) groups is 1. The van der Waals surface area contributed by atoms with Gasteiger partial charge in [-0.15, -0.1) is 12.4 Å². The van der Waals surface area contributed by atoms with E-state index >= 15 is 0 Å². The highest BCUT2D eigenvalue weighted by Gasteiger charge is 2.37. The van der Waals surface area contributed by atoms with Crippen LogP contribution >= 0.6 is 24.2 Å². The van der Waals surface area contributed by atoms with Crippen LogP contribution in [-0.2, 0) is 9.53 Å². The van der Waals surface area contributed by atoms with Gasteiger partial charge in [0.2, 0.25) is 5.91 Å². The molecule has 1 saturated carbocycles.